The lowest BCUT2D eigenvalue weighted by atomic mass is 10.0. The van der Waals surface area contributed by atoms with Crippen molar-refractivity contribution in [3.63, 3.8) is 0 Å². The molecular formula is C15H25N3O. The second-order valence-corrected chi connectivity index (χ2v) is 4.94. The zero-order valence-corrected chi connectivity index (χ0v) is 12.1. The van der Waals surface area contributed by atoms with Gasteiger partial charge in [-0.2, -0.15) is 0 Å². The molecule has 0 bridgehead atoms. The first-order chi connectivity index (χ1) is 9.12. The van der Waals surface area contributed by atoms with E-state index in [2.05, 4.69) is 24.3 Å². The van der Waals surface area contributed by atoms with E-state index < -0.39 is 0 Å². The summed E-state index contributed by atoms with van der Waals surface area (Å²) in [6.07, 6.45) is 2.43. The van der Waals surface area contributed by atoms with Crippen LogP contribution in [0.2, 0.25) is 0 Å². The van der Waals surface area contributed by atoms with Crippen LogP contribution in [0.25, 0.3) is 0 Å². The zero-order valence-electron chi connectivity index (χ0n) is 12.1. The average Bonchev–Trinajstić information content (AvgIpc) is 2.44. The molecular weight excluding hydrogens is 238 g/mol. The number of amidine groups is 1. The van der Waals surface area contributed by atoms with Gasteiger partial charge in [0.1, 0.15) is 0 Å². The molecule has 4 N–H and O–H groups in total. The summed E-state index contributed by atoms with van der Waals surface area (Å²) in [5.41, 5.74) is 8.73. The second kappa shape index (κ2) is 7.79. The highest BCUT2D eigenvalue weighted by molar-refractivity contribution is 5.97. The van der Waals surface area contributed by atoms with Crippen LogP contribution in [0.1, 0.15) is 43.4 Å². The van der Waals surface area contributed by atoms with Gasteiger partial charge in [-0.25, -0.2) is 0 Å². The smallest absolute Gasteiger partial charge is 0.170 e. The number of hydrogen-bond donors (Lipinski definition) is 3. The molecule has 0 aliphatic rings. The molecule has 19 heavy (non-hydrogen) atoms. The van der Waals surface area contributed by atoms with Crippen molar-refractivity contribution in [3.8, 4) is 0 Å². The van der Waals surface area contributed by atoms with Crippen molar-refractivity contribution in [3.05, 3.63) is 34.9 Å². The first-order valence-corrected chi connectivity index (χ1v) is 6.90. The molecule has 0 heterocycles. The van der Waals surface area contributed by atoms with E-state index in [-0.39, 0.29) is 5.84 Å². The summed E-state index contributed by atoms with van der Waals surface area (Å²) in [7, 11) is 0. The Morgan fingerprint density at radius 1 is 1.37 bits per heavy atom. The van der Waals surface area contributed by atoms with Crippen molar-refractivity contribution in [2.24, 2.45) is 16.8 Å². The number of benzene rings is 1. The first kappa shape index (κ1) is 15.5. The van der Waals surface area contributed by atoms with Crippen molar-refractivity contribution in [2.75, 3.05) is 6.54 Å². The molecule has 0 aromatic heterocycles. The summed E-state index contributed by atoms with van der Waals surface area (Å²) < 4.78 is 0. The van der Waals surface area contributed by atoms with Gasteiger partial charge in [0.25, 0.3) is 0 Å². The minimum atomic E-state index is 0.152. The second-order valence-electron chi connectivity index (χ2n) is 4.94. The highest BCUT2D eigenvalue weighted by Crippen LogP contribution is 2.12. The predicted molar refractivity (Wildman–Crippen MR) is 79.5 cm³/mol. The molecule has 106 valence electrons. The van der Waals surface area contributed by atoms with E-state index in [1.165, 1.54) is 18.4 Å². The normalized spacial score (nSPS) is 12.1. The molecule has 1 rings (SSSR count). The van der Waals surface area contributed by atoms with Gasteiger partial charge in [-0.3, -0.25) is 0 Å². The van der Waals surface area contributed by atoms with Gasteiger partial charge in [-0.1, -0.05) is 44.0 Å². The number of oxime groups is 1. The van der Waals surface area contributed by atoms with E-state index in [0.717, 1.165) is 30.1 Å². The van der Waals surface area contributed by atoms with Crippen molar-refractivity contribution >= 4 is 5.84 Å². The van der Waals surface area contributed by atoms with Crippen LogP contribution in [0.5, 0.6) is 0 Å². The molecule has 0 fully saturated rings. The quantitative estimate of drug-likeness (QED) is 0.306. The maximum absolute atomic E-state index is 8.66. The minimum absolute atomic E-state index is 0.152. The monoisotopic (exact) mass is 263 g/mol. The van der Waals surface area contributed by atoms with Gasteiger partial charge in [-0.15, -0.1) is 0 Å². The maximum atomic E-state index is 8.66. The number of rotatable bonds is 7. The third-order valence-corrected chi connectivity index (χ3v) is 3.65. The van der Waals surface area contributed by atoms with Crippen molar-refractivity contribution in [1.29, 1.82) is 0 Å². The Kier molecular flexibility index (Phi) is 6.36. The third kappa shape index (κ3) is 4.56. The summed E-state index contributed by atoms with van der Waals surface area (Å²) in [6, 6.07) is 5.86. The van der Waals surface area contributed by atoms with E-state index in [0.29, 0.717) is 0 Å². The molecule has 0 atom stereocenters. The molecule has 0 saturated heterocycles. The highest BCUT2D eigenvalue weighted by atomic mass is 16.4. The number of nitrogens with two attached hydrogens (primary N) is 1. The fourth-order valence-corrected chi connectivity index (χ4v) is 2.10. The van der Waals surface area contributed by atoms with Crippen LogP contribution < -0.4 is 11.1 Å². The van der Waals surface area contributed by atoms with Crippen molar-refractivity contribution < 1.29 is 5.21 Å². The standard InChI is InChI=1S/C15H25N3O/c1-4-12(5-2)9-17-10-14-7-6-13(8-11(14)3)15(16)18-19/h6-8,12,17,19H,4-5,9-10H2,1-3H3,(H2,16,18). The van der Waals surface area contributed by atoms with Crippen LogP contribution in [0.4, 0.5) is 0 Å². The van der Waals surface area contributed by atoms with Gasteiger partial charge in [0.2, 0.25) is 0 Å². The van der Waals surface area contributed by atoms with Gasteiger partial charge in [0.15, 0.2) is 5.84 Å². The number of hydrogen-bond acceptors (Lipinski definition) is 3. The maximum Gasteiger partial charge on any atom is 0.170 e. The molecule has 0 aliphatic carbocycles. The van der Waals surface area contributed by atoms with Crippen molar-refractivity contribution in [1.82, 2.24) is 5.32 Å². The summed E-state index contributed by atoms with van der Waals surface area (Å²) in [4.78, 5) is 0. The summed E-state index contributed by atoms with van der Waals surface area (Å²) in [5, 5.41) is 15.2. The SMILES string of the molecule is CCC(CC)CNCc1ccc(/C(N)=N/O)cc1C. The number of aryl methyl sites for hydroxylation is 1. The molecule has 0 saturated carbocycles. The van der Waals surface area contributed by atoms with Crippen LogP contribution in [0, 0.1) is 12.8 Å². The lowest BCUT2D eigenvalue weighted by Gasteiger charge is -2.14. The molecule has 4 nitrogen and oxygen atoms in total. The average molecular weight is 263 g/mol. The summed E-state index contributed by atoms with van der Waals surface area (Å²) in [5.74, 6) is 0.899. The Bertz CT molecular complexity index is 425. The largest absolute Gasteiger partial charge is 0.409 e. The Labute approximate surface area is 115 Å². The van der Waals surface area contributed by atoms with Gasteiger partial charge in [-0.05, 0) is 36.6 Å². The molecule has 4 heteroatoms. The molecule has 0 amide bonds. The molecule has 0 radical (unpaired) electrons. The molecule has 0 spiro atoms. The number of nitrogens with one attached hydrogen (secondary N) is 1. The Balaban J connectivity index is 2.60. The highest BCUT2D eigenvalue weighted by Gasteiger charge is 2.05. The third-order valence-electron chi connectivity index (χ3n) is 3.65. The van der Waals surface area contributed by atoms with Crippen LogP contribution >= 0.6 is 0 Å². The van der Waals surface area contributed by atoms with Crippen LogP contribution in [-0.4, -0.2) is 17.6 Å². The fraction of sp³-hybridized carbons (Fsp3) is 0.533. The lowest BCUT2D eigenvalue weighted by Crippen LogP contribution is -2.22. The van der Waals surface area contributed by atoms with Gasteiger partial charge < -0.3 is 16.3 Å². The Morgan fingerprint density at radius 3 is 2.58 bits per heavy atom. The van der Waals surface area contributed by atoms with Gasteiger partial charge in [0.05, 0.1) is 0 Å². The van der Waals surface area contributed by atoms with Crippen LogP contribution in [0.3, 0.4) is 0 Å². The topological polar surface area (TPSA) is 70.6 Å². The number of nitrogens with zero attached hydrogens (tertiary/aromatic N) is 1. The van der Waals surface area contributed by atoms with E-state index in [1.54, 1.807) is 0 Å². The first-order valence-electron chi connectivity index (χ1n) is 6.90. The van der Waals surface area contributed by atoms with Gasteiger partial charge >= 0.3 is 0 Å². The van der Waals surface area contributed by atoms with Crippen LogP contribution in [-0.2, 0) is 6.54 Å². The van der Waals surface area contributed by atoms with Gasteiger partial charge in [0, 0.05) is 12.1 Å². The molecule has 0 unspecified atom stereocenters. The molecule has 1 aromatic rings. The van der Waals surface area contributed by atoms with E-state index >= 15 is 0 Å². The molecule has 0 aliphatic heterocycles. The summed E-state index contributed by atoms with van der Waals surface area (Å²) >= 11 is 0. The zero-order chi connectivity index (χ0) is 14.3. The Morgan fingerprint density at radius 2 is 2.05 bits per heavy atom. The Hall–Kier alpha value is -1.55. The lowest BCUT2D eigenvalue weighted by molar-refractivity contribution is 0.318. The summed E-state index contributed by atoms with van der Waals surface area (Å²) in [6.45, 7) is 8.41. The van der Waals surface area contributed by atoms with E-state index in [4.69, 9.17) is 10.9 Å². The van der Waals surface area contributed by atoms with E-state index in [1.807, 2.05) is 25.1 Å². The fourth-order valence-electron chi connectivity index (χ4n) is 2.10. The predicted octanol–water partition coefficient (Wildman–Crippen LogP) is 2.62. The minimum Gasteiger partial charge on any atom is -0.409 e. The molecule has 1 aromatic carbocycles. The van der Waals surface area contributed by atoms with Crippen LogP contribution in [0.15, 0.2) is 23.4 Å². The van der Waals surface area contributed by atoms with E-state index in [9.17, 15) is 0 Å². The van der Waals surface area contributed by atoms with Crippen molar-refractivity contribution in [2.45, 2.75) is 40.2 Å².